The van der Waals surface area contributed by atoms with Crippen LogP contribution in [0.3, 0.4) is 0 Å². The normalized spacial score (nSPS) is 23.1. The van der Waals surface area contributed by atoms with Crippen molar-refractivity contribution in [2.45, 2.75) is 57.8 Å². The predicted octanol–water partition coefficient (Wildman–Crippen LogP) is 1.73. The predicted molar refractivity (Wildman–Crippen MR) is 79.0 cm³/mol. The third-order valence-corrected chi connectivity index (χ3v) is 4.39. The smallest absolute Gasteiger partial charge is 0.490 e. The van der Waals surface area contributed by atoms with Crippen LogP contribution >= 0.6 is 0 Å². The first kappa shape index (κ1) is 14.5. The highest BCUT2D eigenvalue weighted by Gasteiger charge is 2.53. The van der Waals surface area contributed by atoms with Gasteiger partial charge in [0, 0.05) is 17.9 Å². The Morgan fingerprint density at radius 3 is 2.38 bits per heavy atom. The van der Waals surface area contributed by atoms with E-state index in [1.54, 1.807) is 6.20 Å². The van der Waals surface area contributed by atoms with E-state index in [0.29, 0.717) is 16.8 Å². The maximum atomic E-state index is 11.2. The highest BCUT2D eigenvalue weighted by atomic mass is 16.7. The van der Waals surface area contributed by atoms with Gasteiger partial charge in [-0.05, 0) is 40.5 Å². The standard InChI is InChI=1S/C15H20BNO4/c1-14(2)15(3,4)21-16(20-14)12-8-17-7-10(9-18)13(12)19-11-5-6-11/h7-9,11H,5-6H2,1-4H3. The number of carbonyl (C=O) groups excluding carboxylic acids is 1. The van der Waals surface area contributed by atoms with Gasteiger partial charge in [0.1, 0.15) is 5.75 Å². The van der Waals surface area contributed by atoms with Crippen molar-refractivity contribution in [3.05, 3.63) is 18.0 Å². The van der Waals surface area contributed by atoms with Crippen LogP contribution in [0.1, 0.15) is 50.9 Å². The molecule has 1 aliphatic heterocycles. The third kappa shape index (κ3) is 2.58. The van der Waals surface area contributed by atoms with E-state index >= 15 is 0 Å². The van der Waals surface area contributed by atoms with Gasteiger partial charge in [0.2, 0.25) is 0 Å². The molecule has 21 heavy (non-hydrogen) atoms. The van der Waals surface area contributed by atoms with Gasteiger partial charge in [0.05, 0.1) is 22.9 Å². The van der Waals surface area contributed by atoms with Gasteiger partial charge in [-0.25, -0.2) is 0 Å². The van der Waals surface area contributed by atoms with Crippen molar-refractivity contribution < 1.29 is 18.8 Å². The number of ether oxygens (including phenoxy) is 1. The SMILES string of the molecule is CC1(C)OB(c2cncc(C=O)c2OC2CC2)OC1(C)C. The number of aromatic nitrogens is 1. The molecule has 0 amide bonds. The zero-order chi connectivity index (χ0) is 15.3. The topological polar surface area (TPSA) is 57.7 Å². The lowest BCUT2D eigenvalue weighted by Crippen LogP contribution is -2.41. The average Bonchev–Trinajstić information content (AvgIpc) is 3.17. The van der Waals surface area contributed by atoms with Crippen molar-refractivity contribution in [1.82, 2.24) is 4.98 Å². The molecule has 1 saturated carbocycles. The summed E-state index contributed by atoms with van der Waals surface area (Å²) in [4.78, 5) is 15.4. The van der Waals surface area contributed by atoms with Crippen molar-refractivity contribution in [1.29, 1.82) is 0 Å². The second-order valence-electron chi connectivity index (χ2n) is 6.67. The number of nitrogens with zero attached hydrogens (tertiary/aromatic N) is 1. The fraction of sp³-hybridized carbons (Fsp3) is 0.600. The van der Waals surface area contributed by atoms with E-state index in [0.717, 1.165) is 19.1 Å². The molecule has 1 aromatic rings. The van der Waals surface area contributed by atoms with E-state index in [4.69, 9.17) is 14.0 Å². The first-order valence-corrected chi connectivity index (χ1v) is 7.29. The molecule has 0 spiro atoms. The highest BCUT2D eigenvalue weighted by Crippen LogP contribution is 2.37. The van der Waals surface area contributed by atoms with Gasteiger partial charge in [0.25, 0.3) is 0 Å². The number of aldehydes is 1. The van der Waals surface area contributed by atoms with Crippen LogP contribution in [0.2, 0.25) is 0 Å². The molecule has 0 unspecified atom stereocenters. The minimum atomic E-state index is -0.573. The van der Waals surface area contributed by atoms with Crippen molar-refractivity contribution in [3.8, 4) is 5.75 Å². The van der Waals surface area contributed by atoms with Crippen LogP contribution in [-0.4, -0.2) is 35.7 Å². The molecule has 112 valence electrons. The first-order chi connectivity index (χ1) is 9.84. The summed E-state index contributed by atoms with van der Waals surface area (Å²) in [6.45, 7) is 7.97. The molecule has 5 nitrogen and oxygen atoms in total. The lowest BCUT2D eigenvalue weighted by atomic mass is 9.79. The molecule has 1 saturated heterocycles. The minimum absolute atomic E-state index is 0.187. The van der Waals surface area contributed by atoms with Gasteiger partial charge in [-0.3, -0.25) is 9.78 Å². The number of carbonyl (C=O) groups is 1. The van der Waals surface area contributed by atoms with E-state index in [-0.39, 0.29) is 6.10 Å². The first-order valence-electron chi connectivity index (χ1n) is 7.29. The van der Waals surface area contributed by atoms with Crippen molar-refractivity contribution >= 4 is 18.9 Å². The van der Waals surface area contributed by atoms with Crippen molar-refractivity contribution in [2.75, 3.05) is 0 Å². The van der Waals surface area contributed by atoms with Gasteiger partial charge < -0.3 is 14.0 Å². The highest BCUT2D eigenvalue weighted by molar-refractivity contribution is 6.63. The molecule has 3 rings (SSSR count). The summed E-state index contributed by atoms with van der Waals surface area (Å²) in [5, 5.41) is 0. The molecule has 0 N–H and O–H groups in total. The quantitative estimate of drug-likeness (QED) is 0.624. The molecule has 6 heteroatoms. The molecule has 0 radical (unpaired) electrons. The monoisotopic (exact) mass is 289 g/mol. The van der Waals surface area contributed by atoms with Crippen molar-refractivity contribution in [3.63, 3.8) is 0 Å². The Bertz CT molecular complexity index is 553. The molecular weight excluding hydrogens is 269 g/mol. The van der Waals surface area contributed by atoms with E-state index in [1.165, 1.54) is 6.20 Å². The largest absolute Gasteiger partial charge is 0.500 e. The molecule has 0 bridgehead atoms. The van der Waals surface area contributed by atoms with E-state index in [9.17, 15) is 4.79 Å². The Hall–Kier alpha value is -1.40. The molecule has 0 aromatic carbocycles. The number of rotatable bonds is 4. The zero-order valence-corrected chi connectivity index (χ0v) is 12.9. The van der Waals surface area contributed by atoms with Crippen LogP contribution in [0.4, 0.5) is 0 Å². The fourth-order valence-corrected chi connectivity index (χ4v) is 2.19. The Balaban J connectivity index is 1.97. The van der Waals surface area contributed by atoms with E-state index < -0.39 is 18.3 Å². The summed E-state index contributed by atoms with van der Waals surface area (Å²) >= 11 is 0. The van der Waals surface area contributed by atoms with Crippen LogP contribution in [0, 0.1) is 0 Å². The Morgan fingerprint density at radius 2 is 1.86 bits per heavy atom. The average molecular weight is 289 g/mol. The Morgan fingerprint density at radius 1 is 1.24 bits per heavy atom. The molecule has 2 fully saturated rings. The zero-order valence-electron chi connectivity index (χ0n) is 12.9. The molecular formula is C15H20BNO4. The second kappa shape index (κ2) is 4.82. The molecule has 2 aliphatic rings. The van der Waals surface area contributed by atoms with Crippen LogP contribution in [-0.2, 0) is 9.31 Å². The van der Waals surface area contributed by atoms with E-state index in [2.05, 4.69) is 4.98 Å². The Kier molecular flexibility index (Phi) is 3.33. The van der Waals surface area contributed by atoms with Crippen LogP contribution in [0.15, 0.2) is 12.4 Å². The lowest BCUT2D eigenvalue weighted by Gasteiger charge is -2.32. The summed E-state index contributed by atoms with van der Waals surface area (Å²) in [5.41, 5.74) is 0.247. The lowest BCUT2D eigenvalue weighted by molar-refractivity contribution is 0.00578. The summed E-state index contributed by atoms with van der Waals surface area (Å²) in [6.07, 6.45) is 6.16. The van der Waals surface area contributed by atoms with Crippen LogP contribution in [0.25, 0.3) is 0 Å². The molecule has 2 heterocycles. The Labute approximate surface area is 125 Å². The third-order valence-electron chi connectivity index (χ3n) is 4.39. The van der Waals surface area contributed by atoms with Crippen LogP contribution in [0.5, 0.6) is 5.75 Å². The number of pyridine rings is 1. The second-order valence-corrected chi connectivity index (χ2v) is 6.67. The molecule has 1 aliphatic carbocycles. The maximum absolute atomic E-state index is 11.2. The van der Waals surface area contributed by atoms with Gasteiger partial charge in [-0.1, -0.05) is 0 Å². The molecule has 1 aromatic heterocycles. The number of hydrogen-bond donors (Lipinski definition) is 0. The van der Waals surface area contributed by atoms with E-state index in [1.807, 2.05) is 27.7 Å². The fourth-order valence-electron chi connectivity index (χ4n) is 2.19. The van der Waals surface area contributed by atoms with Gasteiger partial charge in [-0.2, -0.15) is 0 Å². The summed E-state index contributed by atoms with van der Waals surface area (Å²) in [6, 6.07) is 0. The van der Waals surface area contributed by atoms with Gasteiger partial charge in [0.15, 0.2) is 6.29 Å². The summed E-state index contributed by atoms with van der Waals surface area (Å²) < 4.78 is 18.0. The summed E-state index contributed by atoms with van der Waals surface area (Å²) in [7, 11) is -0.573. The van der Waals surface area contributed by atoms with Gasteiger partial charge in [-0.15, -0.1) is 0 Å². The van der Waals surface area contributed by atoms with Gasteiger partial charge >= 0.3 is 7.12 Å². The van der Waals surface area contributed by atoms with Crippen molar-refractivity contribution in [2.24, 2.45) is 0 Å². The minimum Gasteiger partial charge on any atom is -0.490 e. The maximum Gasteiger partial charge on any atom is 0.500 e. The molecule has 0 atom stereocenters. The summed E-state index contributed by atoms with van der Waals surface area (Å²) in [5.74, 6) is 0.543. The van der Waals surface area contributed by atoms with Crippen LogP contribution < -0.4 is 10.2 Å². The number of hydrogen-bond acceptors (Lipinski definition) is 5.